The highest BCUT2D eigenvalue weighted by Crippen LogP contribution is 2.41. The molecule has 0 fully saturated rings. The number of aliphatic carboxylic acids is 2. The summed E-state index contributed by atoms with van der Waals surface area (Å²) in [4.78, 5) is 33.5. The van der Waals surface area contributed by atoms with Crippen LogP contribution in [0, 0.1) is 15.5 Å². The fourth-order valence-electron chi connectivity index (χ4n) is 2.64. The number of non-ortho nitro benzene ring substituents is 1. The lowest BCUT2D eigenvalue weighted by atomic mass is 9.76. The van der Waals surface area contributed by atoms with Crippen LogP contribution in [-0.2, 0) is 9.59 Å². The summed E-state index contributed by atoms with van der Waals surface area (Å²) in [6.07, 6.45) is 2.55. The maximum absolute atomic E-state index is 11.6. The van der Waals surface area contributed by atoms with Gasteiger partial charge in [0, 0.05) is 23.3 Å². The third kappa shape index (κ3) is 3.68. The molecule has 0 saturated carbocycles. The summed E-state index contributed by atoms with van der Waals surface area (Å²) >= 11 is 0. The smallest absolute Gasteiger partial charge is 0.331 e. The van der Waals surface area contributed by atoms with Crippen molar-refractivity contribution in [3.05, 3.63) is 51.6 Å². The molecule has 2 N–H and O–H groups in total. The molecule has 0 radical (unpaired) electrons. The van der Waals surface area contributed by atoms with Crippen LogP contribution in [0.2, 0.25) is 0 Å². The van der Waals surface area contributed by atoms with E-state index >= 15 is 0 Å². The molecule has 0 spiro atoms. The van der Waals surface area contributed by atoms with E-state index in [2.05, 4.69) is 0 Å². The van der Waals surface area contributed by atoms with E-state index in [0.717, 1.165) is 0 Å². The average Bonchev–Trinajstić information content (AvgIpc) is 2.54. The Bertz CT molecular complexity index is 809. The van der Waals surface area contributed by atoms with Crippen LogP contribution in [-0.4, -0.2) is 33.7 Å². The number of nitro benzene ring substituents is 1. The number of carbonyl (C=O) groups is 2. The maximum atomic E-state index is 11.6. The van der Waals surface area contributed by atoms with Gasteiger partial charge in [0.1, 0.15) is 5.75 Å². The van der Waals surface area contributed by atoms with E-state index in [-0.39, 0.29) is 28.8 Å². The van der Waals surface area contributed by atoms with Gasteiger partial charge in [0.25, 0.3) is 5.69 Å². The normalized spacial score (nSPS) is 19.6. The van der Waals surface area contributed by atoms with E-state index in [4.69, 9.17) is 4.74 Å². The third-order valence-corrected chi connectivity index (χ3v) is 3.91. The Morgan fingerprint density at radius 3 is 2.56 bits per heavy atom. The summed E-state index contributed by atoms with van der Waals surface area (Å²) in [5.74, 6) is -2.10. The summed E-state index contributed by atoms with van der Waals surface area (Å²) < 4.78 is 5.46. The number of carboxylic acid groups (broad SMARTS) is 2. The number of allylic oxidation sites excluding steroid dienone is 2. The van der Waals surface area contributed by atoms with Crippen molar-refractivity contribution in [3.8, 4) is 5.75 Å². The van der Waals surface area contributed by atoms with Crippen LogP contribution in [0.4, 0.5) is 5.69 Å². The number of nitrogens with zero attached hydrogens (tertiary/aromatic N) is 1. The third-order valence-electron chi connectivity index (χ3n) is 3.91. The largest absolute Gasteiger partial charge is 0.493 e. The fourth-order valence-corrected chi connectivity index (χ4v) is 2.64. The summed E-state index contributed by atoms with van der Waals surface area (Å²) in [6, 6.07) is 3.94. The zero-order valence-electron chi connectivity index (χ0n) is 13.7. The Morgan fingerprint density at radius 2 is 2.04 bits per heavy atom. The first-order valence-corrected chi connectivity index (χ1v) is 7.49. The van der Waals surface area contributed by atoms with Gasteiger partial charge in [-0.05, 0) is 38.0 Å². The lowest BCUT2D eigenvalue weighted by Gasteiger charge is -2.27. The first-order chi connectivity index (χ1) is 11.7. The molecule has 0 aromatic heterocycles. The van der Waals surface area contributed by atoms with E-state index in [9.17, 15) is 29.9 Å². The number of benzene rings is 1. The summed E-state index contributed by atoms with van der Waals surface area (Å²) in [5, 5.41) is 29.8. The van der Waals surface area contributed by atoms with Crippen molar-refractivity contribution in [1.82, 2.24) is 0 Å². The minimum atomic E-state index is -1.44. The molecule has 0 bridgehead atoms. The van der Waals surface area contributed by atoms with Gasteiger partial charge in [-0.15, -0.1) is 0 Å². The average molecular weight is 347 g/mol. The van der Waals surface area contributed by atoms with E-state index in [1.807, 2.05) is 0 Å². The standard InChI is InChI=1S/C17H17NO7/c1-3-25-14-5-4-12(18(23)24)7-13(14)10-6-11(15(19)20)9-17(2,8-10)16(21)22/h4-8H,3,9H2,1-2H3,(H,19,20)(H,21,22). The Kier molecular flexibility index (Phi) is 4.92. The van der Waals surface area contributed by atoms with E-state index in [1.165, 1.54) is 37.3 Å². The second kappa shape index (κ2) is 6.76. The Morgan fingerprint density at radius 1 is 1.36 bits per heavy atom. The first kappa shape index (κ1) is 18.2. The van der Waals surface area contributed by atoms with Gasteiger partial charge in [0.05, 0.1) is 16.9 Å². The zero-order chi connectivity index (χ0) is 18.8. The van der Waals surface area contributed by atoms with Gasteiger partial charge in [-0.2, -0.15) is 0 Å². The molecule has 25 heavy (non-hydrogen) atoms. The van der Waals surface area contributed by atoms with Crippen LogP contribution >= 0.6 is 0 Å². The van der Waals surface area contributed by atoms with Gasteiger partial charge in [0.2, 0.25) is 0 Å². The molecule has 0 aliphatic heterocycles. The highest BCUT2D eigenvalue weighted by Gasteiger charge is 2.37. The highest BCUT2D eigenvalue weighted by molar-refractivity contribution is 5.96. The van der Waals surface area contributed by atoms with Gasteiger partial charge < -0.3 is 14.9 Å². The number of ether oxygens (including phenoxy) is 1. The molecule has 1 unspecified atom stereocenters. The summed E-state index contributed by atoms with van der Waals surface area (Å²) in [6.45, 7) is 3.44. The van der Waals surface area contributed by atoms with Crippen LogP contribution in [0.5, 0.6) is 5.75 Å². The van der Waals surface area contributed by atoms with Crippen molar-refractivity contribution in [1.29, 1.82) is 0 Å². The summed E-state index contributed by atoms with van der Waals surface area (Å²) in [5.41, 5.74) is -1.18. The number of nitro groups is 1. The molecular formula is C17H17NO7. The molecule has 1 aliphatic rings. The second-order valence-corrected chi connectivity index (χ2v) is 5.84. The molecular weight excluding hydrogens is 330 g/mol. The summed E-state index contributed by atoms with van der Waals surface area (Å²) in [7, 11) is 0. The predicted molar refractivity (Wildman–Crippen MR) is 88.3 cm³/mol. The molecule has 0 saturated heterocycles. The monoisotopic (exact) mass is 347 g/mol. The minimum absolute atomic E-state index is 0.0867. The van der Waals surface area contributed by atoms with Gasteiger partial charge in [-0.25, -0.2) is 4.79 Å². The SMILES string of the molecule is CCOc1ccc([N+](=O)[O-])cc1C1=CC(C)(C(=O)O)CC(C(=O)O)=C1. The van der Waals surface area contributed by atoms with Gasteiger partial charge in [0.15, 0.2) is 0 Å². The van der Waals surface area contributed by atoms with Crippen LogP contribution < -0.4 is 4.74 Å². The Balaban J connectivity index is 2.69. The van der Waals surface area contributed by atoms with Crippen molar-refractivity contribution >= 4 is 23.2 Å². The van der Waals surface area contributed by atoms with E-state index < -0.39 is 22.3 Å². The molecule has 2 rings (SSSR count). The van der Waals surface area contributed by atoms with Gasteiger partial charge >= 0.3 is 11.9 Å². The van der Waals surface area contributed by atoms with Gasteiger partial charge in [-0.3, -0.25) is 14.9 Å². The van der Waals surface area contributed by atoms with Gasteiger partial charge in [-0.1, -0.05) is 6.08 Å². The molecule has 0 amide bonds. The van der Waals surface area contributed by atoms with Crippen LogP contribution in [0.25, 0.3) is 5.57 Å². The number of hydrogen-bond acceptors (Lipinski definition) is 5. The van der Waals surface area contributed by atoms with Crippen molar-refractivity contribution in [3.63, 3.8) is 0 Å². The molecule has 1 atom stereocenters. The Hall–Kier alpha value is -3.16. The number of rotatable bonds is 6. The number of carboxylic acids is 2. The Labute approximate surface area is 143 Å². The van der Waals surface area contributed by atoms with Crippen molar-refractivity contribution < 1.29 is 29.5 Å². The molecule has 0 heterocycles. The fraction of sp³-hybridized carbons (Fsp3) is 0.294. The molecule has 8 nitrogen and oxygen atoms in total. The zero-order valence-corrected chi connectivity index (χ0v) is 13.7. The minimum Gasteiger partial charge on any atom is -0.493 e. The van der Waals surface area contributed by atoms with Crippen LogP contribution in [0.3, 0.4) is 0 Å². The first-order valence-electron chi connectivity index (χ1n) is 7.49. The van der Waals surface area contributed by atoms with Crippen molar-refractivity contribution in [2.45, 2.75) is 20.3 Å². The van der Waals surface area contributed by atoms with Crippen LogP contribution in [0.1, 0.15) is 25.8 Å². The quantitative estimate of drug-likeness (QED) is 0.598. The molecule has 8 heteroatoms. The van der Waals surface area contributed by atoms with Crippen molar-refractivity contribution in [2.75, 3.05) is 6.61 Å². The maximum Gasteiger partial charge on any atom is 0.331 e. The van der Waals surface area contributed by atoms with Crippen molar-refractivity contribution in [2.24, 2.45) is 5.41 Å². The molecule has 1 aromatic rings. The van der Waals surface area contributed by atoms with E-state index in [0.29, 0.717) is 12.4 Å². The molecule has 1 aromatic carbocycles. The highest BCUT2D eigenvalue weighted by atomic mass is 16.6. The second-order valence-electron chi connectivity index (χ2n) is 5.84. The lowest BCUT2D eigenvalue weighted by molar-refractivity contribution is -0.384. The lowest BCUT2D eigenvalue weighted by Crippen LogP contribution is -2.29. The topological polar surface area (TPSA) is 127 Å². The molecule has 132 valence electrons. The van der Waals surface area contributed by atoms with E-state index in [1.54, 1.807) is 6.92 Å². The predicted octanol–water partition coefficient (Wildman–Crippen LogP) is 2.88. The van der Waals surface area contributed by atoms with Crippen LogP contribution in [0.15, 0.2) is 35.9 Å². The molecule has 1 aliphatic carbocycles. The number of hydrogen-bond donors (Lipinski definition) is 2.